The van der Waals surface area contributed by atoms with Crippen molar-refractivity contribution in [2.24, 2.45) is 5.73 Å². The van der Waals surface area contributed by atoms with Crippen molar-refractivity contribution in [1.82, 2.24) is 20.2 Å². The van der Waals surface area contributed by atoms with E-state index in [0.717, 1.165) is 16.1 Å². The van der Waals surface area contributed by atoms with Crippen LogP contribution in [-0.4, -0.2) is 20.2 Å². The van der Waals surface area contributed by atoms with Gasteiger partial charge in [-0.2, -0.15) is 5.10 Å². The first kappa shape index (κ1) is 18.6. The summed E-state index contributed by atoms with van der Waals surface area (Å²) in [5, 5.41) is 6.89. The number of aryl methyl sites for hydroxylation is 1. The number of fused-ring (bicyclic) bond motifs is 1. The Kier molecular flexibility index (Phi) is 5.40. The van der Waals surface area contributed by atoms with Crippen molar-refractivity contribution in [2.75, 3.05) is 0 Å². The van der Waals surface area contributed by atoms with E-state index in [1.165, 1.54) is 11.3 Å². The quantitative estimate of drug-likeness (QED) is 0.652. The second-order valence-corrected chi connectivity index (χ2v) is 6.42. The molecule has 0 radical (unpaired) electrons. The second-order valence-electron chi connectivity index (χ2n) is 5.37. The minimum atomic E-state index is -0.680. The lowest BCUT2D eigenvalue weighted by molar-refractivity contribution is 0.515. The van der Waals surface area contributed by atoms with Crippen LogP contribution >= 0.6 is 36.2 Å². The number of thiophene rings is 1. The molecular weight excluding hydrogens is 345 g/mol. The zero-order valence-corrected chi connectivity index (χ0v) is 14.7. The van der Waals surface area contributed by atoms with Gasteiger partial charge in [0.05, 0.1) is 17.3 Å². The van der Waals surface area contributed by atoms with E-state index in [0.29, 0.717) is 16.0 Å². The molecule has 9 heteroatoms. The minimum absolute atomic E-state index is 0. The van der Waals surface area contributed by atoms with Gasteiger partial charge >= 0.3 is 0 Å². The molecular formula is C13H17Cl2N5OS. The maximum absolute atomic E-state index is 12.1. The third-order valence-corrected chi connectivity index (χ3v) is 4.24. The van der Waals surface area contributed by atoms with Crippen LogP contribution in [0.1, 0.15) is 25.4 Å². The van der Waals surface area contributed by atoms with Crippen molar-refractivity contribution in [2.45, 2.75) is 26.3 Å². The molecule has 22 heavy (non-hydrogen) atoms. The summed E-state index contributed by atoms with van der Waals surface area (Å²) >= 11 is 1.41. The number of halogens is 2. The van der Waals surface area contributed by atoms with Crippen LogP contribution in [0.5, 0.6) is 0 Å². The number of hydrogen-bond acceptors (Lipinski definition) is 5. The summed E-state index contributed by atoms with van der Waals surface area (Å²) in [6.45, 7) is 5.56. The Morgan fingerprint density at radius 3 is 2.55 bits per heavy atom. The number of nitrogens with one attached hydrogen (secondary N) is 2. The monoisotopic (exact) mass is 361 g/mol. The highest BCUT2D eigenvalue weighted by atomic mass is 35.5. The fraction of sp³-hybridized carbons (Fsp3) is 0.308. The summed E-state index contributed by atoms with van der Waals surface area (Å²) < 4.78 is 0.605. The Bertz CT molecular complexity index is 846. The number of H-pyrrole nitrogens is 2. The molecule has 0 fully saturated rings. The lowest BCUT2D eigenvalue weighted by Crippen LogP contribution is -2.33. The fourth-order valence-electron chi connectivity index (χ4n) is 1.98. The molecule has 120 valence electrons. The first-order valence-corrected chi connectivity index (χ1v) is 7.01. The molecule has 0 atom stereocenters. The van der Waals surface area contributed by atoms with Crippen LogP contribution in [0.15, 0.2) is 17.1 Å². The molecule has 0 amide bonds. The van der Waals surface area contributed by atoms with E-state index < -0.39 is 5.54 Å². The maximum atomic E-state index is 12.1. The van der Waals surface area contributed by atoms with Crippen LogP contribution in [0.25, 0.3) is 20.7 Å². The molecule has 0 spiro atoms. The van der Waals surface area contributed by atoms with Gasteiger partial charge in [0.1, 0.15) is 10.5 Å². The Labute approximate surface area is 143 Å². The topological polar surface area (TPSA) is 100 Å². The van der Waals surface area contributed by atoms with Crippen molar-refractivity contribution in [3.05, 3.63) is 34.1 Å². The smallest absolute Gasteiger partial charge is 0.268 e. The molecule has 0 saturated heterocycles. The Morgan fingerprint density at radius 1 is 1.32 bits per heavy atom. The van der Waals surface area contributed by atoms with Crippen LogP contribution in [0.2, 0.25) is 0 Å². The van der Waals surface area contributed by atoms with Gasteiger partial charge in [-0.25, -0.2) is 4.98 Å². The van der Waals surface area contributed by atoms with E-state index in [9.17, 15) is 4.79 Å². The average Bonchev–Trinajstić information content (AvgIpc) is 2.93. The maximum Gasteiger partial charge on any atom is 0.268 e. The number of aromatic nitrogens is 4. The standard InChI is InChI=1S/C13H15N5OS.2ClH/c1-6-7(5-15-18-6)9-4-8-10(20-9)11(19)17-12(16-8)13(2,3)14;;/h4-5H,14H2,1-3H3,(H,15,18)(H,16,17,19);2*1H. The molecule has 6 nitrogen and oxygen atoms in total. The van der Waals surface area contributed by atoms with Crippen LogP contribution in [0.4, 0.5) is 0 Å². The van der Waals surface area contributed by atoms with Crippen molar-refractivity contribution in [3.63, 3.8) is 0 Å². The lowest BCUT2D eigenvalue weighted by Gasteiger charge is -2.16. The number of nitrogens with zero attached hydrogens (tertiary/aromatic N) is 2. The van der Waals surface area contributed by atoms with Crippen molar-refractivity contribution < 1.29 is 0 Å². The highest BCUT2D eigenvalue weighted by Crippen LogP contribution is 2.32. The molecule has 0 aliphatic heterocycles. The van der Waals surface area contributed by atoms with Gasteiger partial charge in [0.25, 0.3) is 5.56 Å². The van der Waals surface area contributed by atoms with Crippen molar-refractivity contribution in [3.8, 4) is 10.4 Å². The molecule has 0 aliphatic carbocycles. The largest absolute Gasteiger partial charge is 0.319 e. The second kappa shape index (κ2) is 6.37. The molecule has 3 heterocycles. The SMILES string of the molecule is Cc1[nH]ncc1-c1cc2nc(C(C)(C)N)[nH]c(=O)c2s1.Cl.Cl. The van der Waals surface area contributed by atoms with Gasteiger partial charge in [0.2, 0.25) is 0 Å². The molecule has 0 aromatic carbocycles. The number of hydrogen-bond donors (Lipinski definition) is 3. The predicted octanol–water partition coefficient (Wildman–Crippen LogP) is 2.72. The van der Waals surface area contributed by atoms with Crippen molar-refractivity contribution >= 4 is 46.4 Å². The highest BCUT2D eigenvalue weighted by molar-refractivity contribution is 7.22. The van der Waals surface area contributed by atoms with Crippen LogP contribution in [-0.2, 0) is 5.54 Å². The van der Waals surface area contributed by atoms with Gasteiger partial charge in [0.15, 0.2) is 0 Å². The van der Waals surface area contributed by atoms with Crippen LogP contribution in [0, 0.1) is 6.92 Å². The van der Waals surface area contributed by atoms with E-state index in [2.05, 4.69) is 20.2 Å². The Morgan fingerprint density at radius 2 is 2.00 bits per heavy atom. The summed E-state index contributed by atoms with van der Waals surface area (Å²) in [6.07, 6.45) is 1.75. The summed E-state index contributed by atoms with van der Waals surface area (Å²) in [5.74, 6) is 0.489. The van der Waals surface area contributed by atoms with Gasteiger partial charge in [-0.3, -0.25) is 9.89 Å². The number of nitrogens with two attached hydrogens (primary N) is 1. The van der Waals surface area contributed by atoms with Gasteiger partial charge in [-0.1, -0.05) is 0 Å². The Hall–Kier alpha value is -1.41. The minimum Gasteiger partial charge on any atom is -0.319 e. The van der Waals surface area contributed by atoms with E-state index in [4.69, 9.17) is 5.73 Å². The Balaban J connectivity index is 0.00000121. The molecule has 0 unspecified atom stereocenters. The summed E-state index contributed by atoms with van der Waals surface area (Å²) in [4.78, 5) is 20.3. The van der Waals surface area contributed by atoms with E-state index in [1.54, 1.807) is 6.20 Å². The molecule has 3 rings (SSSR count). The first-order chi connectivity index (χ1) is 9.36. The van der Waals surface area contributed by atoms with Gasteiger partial charge in [0, 0.05) is 16.1 Å². The van der Waals surface area contributed by atoms with E-state index >= 15 is 0 Å². The number of rotatable bonds is 2. The summed E-state index contributed by atoms with van der Waals surface area (Å²) in [7, 11) is 0. The average molecular weight is 362 g/mol. The van der Waals surface area contributed by atoms with Crippen LogP contribution in [0.3, 0.4) is 0 Å². The normalized spacial score (nSPS) is 11.1. The van der Waals surface area contributed by atoms with Crippen LogP contribution < -0.4 is 11.3 Å². The van der Waals surface area contributed by atoms with Gasteiger partial charge in [-0.15, -0.1) is 36.2 Å². The zero-order chi connectivity index (χ0) is 14.5. The summed E-state index contributed by atoms with van der Waals surface area (Å²) in [6, 6.07) is 1.91. The fourth-order valence-corrected chi connectivity index (χ4v) is 3.04. The molecule has 3 aromatic rings. The third-order valence-electron chi connectivity index (χ3n) is 3.09. The molecule has 4 N–H and O–H groups in total. The molecule has 3 aromatic heterocycles. The number of aromatic amines is 2. The summed E-state index contributed by atoms with van der Waals surface area (Å²) in [5.41, 5.74) is 7.79. The molecule has 0 aliphatic rings. The van der Waals surface area contributed by atoms with Crippen molar-refractivity contribution in [1.29, 1.82) is 0 Å². The van der Waals surface area contributed by atoms with E-state index in [1.807, 2.05) is 26.8 Å². The van der Waals surface area contributed by atoms with E-state index in [-0.39, 0.29) is 30.4 Å². The van der Waals surface area contributed by atoms with Gasteiger partial charge < -0.3 is 10.7 Å². The first-order valence-electron chi connectivity index (χ1n) is 6.20. The molecule has 0 saturated carbocycles. The highest BCUT2D eigenvalue weighted by Gasteiger charge is 2.20. The predicted molar refractivity (Wildman–Crippen MR) is 94.3 cm³/mol. The molecule has 0 bridgehead atoms. The zero-order valence-electron chi connectivity index (χ0n) is 12.3. The van der Waals surface area contributed by atoms with Gasteiger partial charge in [-0.05, 0) is 26.8 Å². The third kappa shape index (κ3) is 3.17. The lowest BCUT2D eigenvalue weighted by atomic mass is 10.1.